The van der Waals surface area contributed by atoms with E-state index >= 15 is 0 Å². The summed E-state index contributed by atoms with van der Waals surface area (Å²) >= 11 is 6.26. The molecule has 1 unspecified atom stereocenters. The lowest BCUT2D eigenvalue weighted by molar-refractivity contribution is 0.522. The molecule has 0 radical (unpaired) electrons. The Morgan fingerprint density at radius 3 is 2.67 bits per heavy atom. The lowest BCUT2D eigenvalue weighted by atomic mass is 9.95. The SMILES string of the molecule is CCCNC(Cc1ccccc1Cl)c1cc(F)ccc1C. The van der Waals surface area contributed by atoms with Crippen molar-refractivity contribution in [3.63, 3.8) is 0 Å². The molecular weight excluding hydrogens is 285 g/mol. The van der Waals surface area contributed by atoms with Crippen LogP contribution in [0.2, 0.25) is 5.02 Å². The summed E-state index contributed by atoms with van der Waals surface area (Å²) in [6, 6.07) is 12.9. The van der Waals surface area contributed by atoms with Crippen molar-refractivity contribution in [1.82, 2.24) is 5.32 Å². The standard InChI is InChI=1S/C18H21ClFN/c1-3-10-21-18(11-14-6-4-5-7-17(14)19)16-12-15(20)9-8-13(16)2/h4-9,12,18,21H,3,10-11H2,1-2H3. The molecule has 0 bridgehead atoms. The summed E-state index contributed by atoms with van der Waals surface area (Å²) in [6.07, 6.45) is 1.79. The molecule has 2 aromatic carbocycles. The third-order valence-corrected chi connectivity index (χ3v) is 4.01. The summed E-state index contributed by atoms with van der Waals surface area (Å²) in [5.74, 6) is -0.196. The Bertz CT molecular complexity index is 598. The van der Waals surface area contributed by atoms with Crippen LogP contribution in [0.5, 0.6) is 0 Å². The van der Waals surface area contributed by atoms with Crippen LogP contribution >= 0.6 is 11.6 Å². The average Bonchev–Trinajstić information content (AvgIpc) is 2.48. The van der Waals surface area contributed by atoms with Gasteiger partial charge < -0.3 is 5.32 Å². The maximum absolute atomic E-state index is 13.6. The monoisotopic (exact) mass is 305 g/mol. The second-order valence-corrected chi connectivity index (χ2v) is 5.71. The first kappa shape index (κ1) is 16.0. The van der Waals surface area contributed by atoms with E-state index in [1.807, 2.05) is 37.3 Å². The van der Waals surface area contributed by atoms with Crippen molar-refractivity contribution < 1.29 is 4.39 Å². The van der Waals surface area contributed by atoms with Crippen molar-refractivity contribution in [1.29, 1.82) is 0 Å². The molecular formula is C18H21ClFN. The van der Waals surface area contributed by atoms with Crippen LogP contribution < -0.4 is 5.32 Å². The molecule has 112 valence electrons. The van der Waals surface area contributed by atoms with Crippen molar-refractivity contribution in [3.8, 4) is 0 Å². The Morgan fingerprint density at radius 1 is 1.19 bits per heavy atom. The van der Waals surface area contributed by atoms with Gasteiger partial charge in [0.05, 0.1) is 0 Å². The largest absolute Gasteiger partial charge is 0.310 e. The third kappa shape index (κ3) is 4.29. The number of nitrogens with one attached hydrogen (secondary N) is 1. The lowest BCUT2D eigenvalue weighted by Crippen LogP contribution is -2.25. The van der Waals surface area contributed by atoms with Gasteiger partial charge in [-0.2, -0.15) is 0 Å². The predicted molar refractivity (Wildman–Crippen MR) is 87.3 cm³/mol. The maximum atomic E-state index is 13.6. The fourth-order valence-electron chi connectivity index (χ4n) is 2.48. The van der Waals surface area contributed by atoms with Crippen molar-refractivity contribution in [2.75, 3.05) is 6.54 Å². The minimum absolute atomic E-state index is 0.0700. The molecule has 3 heteroatoms. The van der Waals surface area contributed by atoms with Crippen LogP contribution in [-0.4, -0.2) is 6.54 Å². The van der Waals surface area contributed by atoms with E-state index < -0.39 is 0 Å². The second kappa shape index (κ2) is 7.58. The van der Waals surface area contributed by atoms with Gasteiger partial charge >= 0.3 is 0 Å². The minimum atomic E-state index is -0.196. The van der Waals surface area contributed by atoms with Crippen molar-refractivity contribution >= 4 is 11.6 Å². The van der Waals surface area contributed by atoms with Crippen molar-refractivity contribution in [2.24, 2.45) is 0 Å². The number of rotatable bonds is 6. The van der Waals surface area contributed by atoms with E-state index in [1.54, 1.807) is 6.07 Å². The molecule has 0 fully saturated rings. The van der Waals surface area contributed by atoms with Gasteiger partial charge in [0.1, 0.15) is 5.82 Å². The molecule has 21 heavy (non-hydrogen) atoms. The summed E-state index contributed by atoms with van der Waals surface area (Å²) < 4.78 is 13.6. The first-order valence-electron chi connectivity index (χ1n) is 7.34. The molecule has 0 aliphatic rings. The fourth-order valence-corrected chi connectivity index (χ4v) is 2.69. The molecule has 0 aliphatic heterocycles. The van der Waals surface area contributed by atoms with Gasteiger partial charge in [-0.25, -0.2) is 4.39 Å². The highest BCUT2D eigenvalue weighted by Gasteiger charge is 2.16. The summed E-state index contributed by atoms with van der Waals surface area (Å²) in [4.78, 5) is 0. The van der Waals surface area contributed by atoms with E-state index in [9.17, 15) is 4.39 Å². The molecule has 0 saturated heterocycles. The Hall–Kier alpha value is -1.38. The highest BCUT2D eigenvalue weighted by atomic mass is 35.5. The van der Waals surface area contributed by atoms with E-state index in [1.165, 1.54) is 6.07 Å². The highest BCUT2D eigenvalue weighted by Crippen LogP contribution is 2.26. The summed E-state index contributed by atoms with van der Waals surface area (Å²) in [5.41, 5.74) is 3.18. The third-order valence-electron chi connectivity index (χ3n) is 3.64. The van der Waals surface area contributed by atoms with Gasteiger partial charge in [0.2, 0.25) is 0 Å². The lowest BCUT2D eigenvalue weighted by Gasteiger charge is -2.22. The topological polar surface area (TPSA) is 12.0 Å². The summed E-state index contributed by atoms with van der Waals surface area (Å²) in [6.45, 7) is 5.03. The smallest absolute Gasteiger partial charge is 0.123 e. The first-order chi connectivity index (χ1) is 10.1. The minimum Gasteiger partial charge on any atom is -0.310 e. The molecule has 1 nitrogen and oxygen atoms in total. The predicted octanol–water partition coefficient (Wildman–Crippen LogP) is 5.07. The maximum Gasteiger partial charge on any atom is 0.123 e. The van der Waals surface area contributed by atoms with Crippen LogP contribution in [-0.2, 0) is 6.42 Å². The van der Waals surface area contributed by atoms with Crippen molar-refractivity contribution in [2.45, 2.75) is 32.7 Å². The van der Waals surface area contributed by atoms with Crippen LogP contribution in [0.4, 0.5) is 4.39 Å². The quantitative estimate of drug-likeness (QED) is 0.785. The number of benzene rings is 2. The van der Waals surface area contributed by atoms with Gasteiger partial charge in [-0.05, 0) is 61.2 Å². The number of hydrogen-bond acceptors (Lipinski definition) is 1. The fraction of sp³-hybridized carbons (Fsp3) is 0.333. The number of hydrogen-bond donors (Lipinski definition) is 1. The number of aryl methyl sites for hydroxylation is 1. The van der Waals surface area contributed by atoms with Gasteiger partial charge in [0, 0.05) is 11.1 Å². The van der Waals surface area contributed by atoms with Gasteiger partial charge in [-0.15, -0.1) is 0 Å². The van der Waals surface area contributed by atoms with Crippen molar-refractivity contribution in [3.05, 3.63) is 70.0 Å². The molecule has 0 aliphatic carbocycles. The Labute approximate surface area is 131 Å². The highest BCUT2D eigenvalue weighted by molar-refractivity contribution is 6.31. The Kier molecular flexibility index (Phi) is 5.77. The molecule has 2 aromatic rings. The normalized spacial score (nSPS) is 12.4. The van der Waals surface area contributed by atoms with Gasteiger partial charge in [0.25, 0.3) is 0 Å². The number of halogens is 2. The molecule has 0 saturated carbocycles. The second-order valence-electron chi connectivity index (χ2n) is 5.30. The van der Waals surface area contributed by atoms with E-state index in [0.717, 1.165) is 41.1 Å². The van der Waals surface area contributed by atoms with Gasteiger partial charge in [-0.3, -0.25) is 0 Å². The average molecular weight is 306 g/mol. The van der Waals surface area contributed by atoms with Gasteiger partial charge in [0.15, 0.2) is 0 Å². The molecule has 2 rings (SSSR count). The van der Waals surface area contributed by atoms with E-state index in [0.29, 0.717) is 0 Å². The van der Waals surface area contributed by atoms with Crippen LogP contribution in [0.25, 0.3) is 0 Å². The zero-order chi connectivity index (χ0) is 15.2. The molecule has 0 aromatic heterocycles. The van der Waals surface area contributed by atoms with E-state index in [-0.39, 0.29) is 11.9 Å². The van der Waals surface area contributed by atoms with Gasteiger partial charge in [-0.1, -0.05) is 42.8 Å². The van der Waals surface area contributed by atoms with E-state index in [2.05, 4.69) is 12.2 Å². The molecule has 0 spiro atoms. The zero-order valence-corrected chi connectivity index (χ0v) is 13.3. The molecule has 0 amide bonds. The zero-order valence-electron chi connectivity index (χ0n) is 12.5. The molecule has 1 atom stereocenters. The van der Waals surface area contributed by atoms with Crippen LogP contribution in [0.3, 0.4) is 0 Å². The van der Waals surface area contributed by atoms with Crippen LogP contribution in [0.15, 0.2) is 42.5 Å². The van der Waals surface area contributed by atoms with Crippen LogP contribution in [0, 0.1) is 12.7 Å². The van der Waals surface area contributed by atoms with E-state index in [4.69, 9.17) is 11.6 Å². The molecule has 1 N–H and O–H groups in total. The summed E-state index contributed by atoms with van der Waals surface area (Å²) in [5, 5.41) is 4.26. The van der Waals surface area contributed by atoms with Crippen LogP contribution in [0.1, 0.15) is 36.1 Å². The summed E-state index contributed by atoms with van der Waals surface area (Å²) in [7, 11) is 0. The Balaban J connectivity index is 2.30. The molecule has 0 heterocycles. The Morgan fingerprint density at radius 2 is 1.95 bits per heavy atom. The first-order valence-corrected chi connectivity index (χ1v) is 7.72.